The minimum Gasteiger partial charge on any atom is -0.316 e. The van der Waals surface area contributed by atoms with Gasteiger partial charge in [-0.05, 0) is 44.3 Å². The van der Waals surface area contributed by atoms with Crippen LogP contribution in [0.4, 0.5) is 0 Å². The molecule has 1 aromatic heterocycles. The first-order chi connectivity index (χ1) is 6.84. The highest BCUT2D eigenvalue weighted by molar-refractivity contribution is 6.30. The molecule has 14 heavy (non-hydrogen) atoms. The summed E-state index contributed by atoms with van der Waals surface area (Å²) in [6.45, 7) is 2.24. The summed E-state index contributed by atoms with van der Waals surface area (Å²) >= 11 is 5.84. The normalized spacial score (nSPS) is 22.2. The Morgan fingerprint density at radius 2 is 2.50 bits per heavy atom. The van der Waals surface area contributed by atoms with Gasteiger partial charge in [-0.1, -0.05) is 11.6 Å². The van der Waals surface area contributed by atoms with Crippen LogP contribution in [0.25, 0.3) is 0 Å². The van der Waals surface area contributed by atoms with Gasteiger partial charge in [0.2, 0.25) is 0 Å². The Labute approximate surface area is 88.9 Å². The second-order valence-electron chi connectivity index (χ2n) is 3.78. The molecule has 1 aliphatic heterocycles. The Morgan fingerprint density at radius 3 is 3.21 bits per heavy atom. The van der Waals surface area contributed by atoms with Crippen molar-refractivity contribution in [3.8, 4) is 0 Å². The van der Waals surface area contributed by atoms with Crippen LogP contribution in [0.3, 0.4) is 0 Å². The molecule has 2 rings (SSSR count). The zero-order valence-corrected chi connectivity index (χ0v) is 8.80. The predicted molar refractivity (Wildman–Crippen MR) is 56.3 cm³/mol. The van der Waals surface area contributed by atoms with Gasteiger partial charge >= 0.3 is 0 Å². The summed E-state index contributed by atoms with van der Waals surface area (Å²) in [5.41, 5.74) is 1.01. The number of nitrogens with zero attached hydrogens (tertiary/aromatic N) is 2. The first kappa shape index (κ1) is 9.87. The van der Waals surface area contributed by atoms with Gasteiger partial charge in [0, 0.05) is 0 Å². The van der Waals surface area contributed by atoms with Gasteiger partial charge < -0.3 is 5.32 Å². The Morgan fingerprint density at radius 1 is 1.57 bits per heavy atom. The van der Waals surface area contributed by atoms with Crippen LogP contribution in [0.1, 0.15) is 18.5 Å². The fraction of sp³-hybridized carbons (Fsp3) is 0.600. The molecule has 1 atom stereocenters. The van der Waals surface area contributed by atoms with E-state index in [0.29, 0.717) is 10.9 Å². The molecule has 0 saturated carbocycles. The topological polar surface area (TPSA) is 37.8 Å². The third-order valence-electron chi connectivity index (χ3n) is 2.57. The number of hydrogen-bond donors (Lipinski definition) is 1. The summed E-state index contributed by atoms with van der Waals surface area (Å²) < 4.78 is 0. The lowest BCUT2D eigenvalue weighted by Crippen LogP contribution is -2.31. The van der Waals surface area contributed by atoms with Crippen molar-refractivity contribution >= 4 is 11.6 Å². The SMILES string of the molecule is Clc1cnnc(CC2CCCNC2)c1. The number of piperidine rings is 1. The first-order valence-electron chi connectivity index (χ1n) is 5.02. The van der Waals surface area contributed by atoms with Crippen molar-refractivity contribution in [1.82, 2.24) is 15.5 Å². The summed E-state index contributed by atoms with van der Waals surface area (Å²) in [4.78, 5) is 0. The van der Waals surface area contributed by atoms with E-state index in [1.54, 1.807) is 6.20 Å². The standard InChI is InChI=1S/C10H14ClN3/c11-9-5-10(14-13-7-9)4-8-2-1-3-12-6-8/h5,7-8,12H,1-4,6H2. The lowest BCUT2D eigenvalue weighted by atomic mass is 9.95. The third-order valence-corrected chi connectivity index (χ3v) is 2.78. The molecule has 76 valence electrons. The summed E-state index contributed by atoms with van der Waals surface area (Å²) in [6.07, 6.45) is 5.10. The average molecular weight is 212 g/mol. The number of nitrogens with one attached hydrogen (secondary N) is 1. The summed E-state index contributed by atoms with van der Waals surface area (Å²) in [5, 5.41) is 12.0. The number of hydrogen-bond acceptors (Lipinski definition) is 3. The Bertz CT molecular complexity index is 297. The highest BCUT2D eigenvalue weighted by Crippen LogP contribution is 2.16. The van der Waals surface area contributed by atoms with Crippen molar-refractivity contribution in [2.45, 2.75) is 19.3 Å². The molecule has 0 amide bonds. The van der Waals surface area contributed by atoms with Gasteiger partial charge in [-0.25, -0.2) is 0 Å². The van der Waals surface area contributed by atoms with Gasteiger partial charge in [-0.2, -0.15) is 10.2 Å². The van der Waals surface area contributed by atoms with Gasteiger partial charge in [0.1, 0.15) is 0 Å². The van der Waals surface area contributed by atoms with Crippen molar-refractivity contribution in [2.75, 3.05) is 13.1 Å². The van der Waals surface area contributed by atoms with Gasteiger partial charge in [0.25, 0.3) is 0 Å². The number of rotatable bonds is 2. The monoisotopic (exact) mass is 211 g/mol. The molecular weight excluding hydrogens is 198 g/mol. The van der Waals surface area contributed by atoms with E-state index < -0.39 is 0 Å². The number of aromatic nitrogens is 2. The van der Waals surface area contributed by atoms with E-state index in [2.05, 4.69) is 15.5 Å². The minimum atomic E-state index is 0.679. The van der Waals surface area contributed by atoms with Crippen LogP contribution in [-0.4, -0.2) is 23.3 Å². The van der Waals surface area contributed by atoms with Crippen LogP contribution in [0.2, 0.25) is 5.02 Å². The van der Waals surface area contributed by atoms with E-state index in [-0.39, 0.29) is 0 Å². The molecule has 1 unspecified atom stereocenters. The van der Waals surface area contributed by atoms with E-state index >= 15 is 0 Å². The van der Waals surface area contributed by atoms with Crippen LogP contribution in [0, 0.1) is 5.92 Å². The Balaban J connectivity index is 1.95. The molecule has 1 aromatic rings. The molecule has 3 nitrogen and oxygen atoms in total. The maximum absolute atomic E-state index is 5.84. The Kier molecular flexibility index (Phi) is 3.32. The zero-order chi connectivity index (χ0) is 9.80. The van der Waals surface area contributed by atoms with Crippen LogP contribution < -0.4 is 5.32 Å². The quantitative estimate of drug-likeness (QED) is 0.809. The molecule has 0 spiro atoms. The van der Waals surface area contributed by atoms with Crippen molar-refractivity contribution < 1.29 is 0 Å². The molecule has 2 heterocycles. The van der Waals surface area contributed by atoms with Gasteiger partial charge in [-0.3, -0.25) is 0 Å². The van der Waals surface area contributed by atoms with Crippen molar-refractivity contribution in [1.29, 1.82) is 0 Å². The molecule has 1 N–H and O–H groups in total. The van der Waals surface area contributed by atoms with Crippen molar-refractivity contribution in [2.24, 2.45) is 5.92 Å². The second kappa shape index (κ2) is 4.71. The highest BCUT2D eigenvalue weighted by atomic mass is 35.5. The molecule has 0 aliphatic carbocycles. The lowest BCUT2D eigenvalue weighted by molar-refractivity contribution is 0.372. The van der Waals surface area contributed by atoms with Crippen LogP contribution in [0.15, 0.2) is 12.3 Å². The molecular formula is C10H14ClN3. The molecule has 4 heteroatoms. The van der Waals surface area contributed by atoms with Gasteiger partial charge in [-0.15, -0.1) is 0 Å². The molecule has 1 fully saturated rings. The summed E-state index contributed by atoms with van der Waals surface area (Å²) in [7, 11) is 0. The van der Waals surface area contributed by atoms with Gasteiger partial charge in [0.05, 0.1) is 16.9 Å². The molecule has 1 aliphatic rings. The fourth-order valence-corrected chi connectivity index (χ4v) is 2.05. The van der Waals surface area contributed by atoms with E-state index in [1.807, 2.05) is 6.07 Å². The summed E-state index contributed by atoms with van der Waals surface area (Å²) in [6, 6.07) is 1.91. The zero-order valence-electron chi connectivity index (χ0n) is 8.04. The summed E-state index contributed by atoms with van der Waals surface area (Å²) in [5.74, 6) is 0.691. The average Bonchev–Trinajstić information content (AvgIpc) is 2.19. The third kappa shape index (κ3) is 2.66. The minimum absolute atomic E-state index is 0.679. The van der Waals surface area contributed by atoms with Crippen molar-refractivity contribution in [3.63, 3.8) is 0 Å². The maximum Gasteiger partial charge on any atom is 0.0682 e. The van der Waals surface area contributed by atoms with E-state index in [9.17, 15) is 0 Å². The predicted octanol–water partition coefficient (Wildman–Crippen LogP) is 1.67. The first-order valence-corrected chi connectivity index (χ1v) is 5.40. The lowest BCUT2D eigenvalue weighted by Gasteiger charge is -2.21. The Hall–Kier alpha value is -0.670. The van der Waals surface area contributed by atoms with Crippen molar-refractivity contribution in [3.05, 3.63) is 23.0 Å². The van der Waals surface area contributed by atoms with E-state index in [0.717, 1.165) is 25.2 Å². The van der Waals surface area contributed by atoms with Gasteiger partial charge in [0.15, 0.2) is 0 Å². The largest absolute Gasteiger partial charge is 0.316 e. The van der Waals surface area contributed by atoms with Crippen LogP contribution in [0.5, 0.6) is 0 Å². The van der Waals surface area contributed by atoms with Crippen LogP contribution >= 0.6 is 11.6 Å². The second-order valence-corrected chi connectivity index (χ2v) is 4.22. The molecule has 0 radical (unpaired) electrons. The molecule has 0 aromatic carbocycles. The number of halogens is 1. The highest BCUT2D eigenvalue weighted by Gasteiger charge is 2.14. The van der Waals surface area contributed by atoms with Crippen LogP contribution in [-0.2, 0) is 6.42 Å². The van der Waals surface area contributed by atoms with E-state index in [4.69, 9.17) is 11.6 Å². The fourth-order valence-electron chi connectivity index (χ4n) is 1.88. The maximum atomic E-state index is 5.84. The molecule has 1 saturated heterocycles. The van der Waals surface area contributed by atoms with E-state index in [1.165, 1.54) is 12.8 Å². The molecule has 0 bridgehead atoms. The smallest absolute Gasteiger partial charge is 0.0682 e.